The minimum atomic E-state index is -0.00749. The lowest BCUT2D eigenvalue weighted by Gasteiger charge is -2.09. The van der Waals surface area contributed by atoms with E-state index >= 15 is 0 Å². The summed E-state index contributed by atoms with van der Waals surface area (Å²) in [6.45, 7) is 0.978. The average molecular weight is 278 g/mol. The van der Waals surface area contributed by atoms with Gasteiger partial charge in [-0.2, -0.15) is 11.8 Å². The molecular weight excluding hydrogens is 260 g/mol. The number of para-hydroxylation sites is 2. The second-order valence-electron chi connectivity index (χ2n) is 4.49. The molecule has 2 aromatic rings. The molecule has 19 heavy (non-hydrogen) atoms. The zero-order valence-electron chi connectivity index (χ0n) is 11.2. The van der Waals surface area contributed by atoms with Crippen LogP contribution in [-0.2, 0) is 4.79 Å². The van der Waals surface area contributed by atoms with E-state index in [1.54, 1.807) is 22.8 Å². The molecule has 1 aromatic heterocycles. The zero-order chi connectivity index (χ0) is 13.7. The normalized spacial score (nSPS) is 11.1. The molecule has 0 bridgehead atoms. The molecule has 0 aliphatic carbocycles. The van der Waals surface area contributed by atoms with E-state index in [2.05, 4.69) is 15.3 Å². The fourth-order valence-electron chi connectivity index (χ4n) is 1.63. The van der Waals surface area contributed by atoms with Crippen molar-refractivity contribution in [1.29, 1.82) is 0 Å². The predicted molar refractivity (Wildman–Crippen MR) is 80.0 cm³/mol. The maximum Gasteiger partial charge on any atom is 0.248 e. The molecule has 0 spiro atoms. The van der Waals surface area contributed by atoms with E-state index in [0.29, 0.717) is 5.75 Å². The van der Waals surface area contributed by atoms with Crippen molar-refractivity contribution >= 4 is 28.7 Å². The quantitative estimate of drug-likeness (QED) is 0.812. The molecule has 0 unspecified atom stereocenters. The van der Waals surface area contributed by atoms with Gasteiger partial charge in [-0.05, 0) is 26.2 Å². The first-order chi connectivity index (χ1) is 9.16. The van der Waals surface area contributed by atoms with Crippen LogP contribution in [0.5, 0.6) is 0 Å². The lowest BCUT2D eigenvalue weighted by molar-refractivity contribution is -0.114. The number of aromatic nitrogens is 2. The Balaban J connectivity index is 1.85. The number of benzene rings is 1. The molecule has 1 heterocycles. The van der Waals surface area contributed by atoms with Gasteiger partial charge in [-0.3, -0.25) is 10.2 Å². The number of nitrogens with one attached hydrogen (secondary N) is 1. The van der Waals surface area contributed by atoms with Crippen molar-refractivity contribution in [3.63, 3.8) is 0 Å². The van der Waals surface area contributed by atoms with E-state index in [0.717, 1.165) is 23.3 Å². The Kier molecular flexibility index (Phi) is 4.81. The summed E-state index contributed by atoms with van der Waals surface area (Å²) < 4.78 is 1.67. The molecule has 6 heteroatoms. The Morgan fingerprint density at radius 1 is 1.42 bits per heavy atom. The van der Waals surface area contributed by atoms with Crippen LogP contribution in [-0.4, -0.2) is 52.6 Å². The molecule has 0 aliphatic heterocycles. The molecule has 0 atom stereocenters. The smallest absolute Gasteiger partial charge is 0.248 e. The van der Waals surface area contributed by atoms with Crippen LogP contribution in [0.2, 0.25) is 0 Å². The van der Waals surface area contributed by atoms with Crippen LogP contribution in [0.15, 0.2) is 30.6 Å². The zero-order valence-corrected chi connectivity index (χ0v) is 12.0. The predicted octanol–water partition coefficient (Wildman–Crippen LogP) is 1.40. The van der Waals surface area contributed by atoms with E-state index in [4.69, 9.17) is 0 Å². The van der Waals surface area contributed by atoms with Gasteiger partial charge in [0.05, 0.1) is 16.8 Å². The van der Waals surface area contributed by atoms with Crippen LogP contribution in [0.1, 0.15) is 0 Å². The second kappa shape index (κ2) is 6.58. The van der Waals surface area contributed by atoms with Crippen LogP contribution >= 0.6 is 11.8 Å². The lowest BCUT2D eigenvalue weighted by atomic mass is 10.3. The van der Waals surface area contributed by atoms with Crippen molar-refractivity contribution in [1.82, 2.24) is 14.6 Å². The minimum absolute atomic E-state index is 0.00749. The lowest BCUT2D eigenvalue weighted by Crippen LogP contribution is -2.24. The Bertz CT molecular complexity index is 552. The molecule has 0 fully saturated rings. The van der Waals surface area contributed by atoms with Crippen molar-refractivity contribution in [3.8, 4) is 0 Å². The highest BCUT2D eigenvalue weighted by Crippen LogP contribution is 2.10. The van der Waals surface area contributed by atoms with Gasteiger partial charge in [0.2, 0.25) is 5.91 Å². The molecule has 0 saturated heterocycles. The minimum Gasteiger partial charge on any atom is -0.309 e. The number of imidazole rings is 1. The standard InChI is InChI=1S/C13H18N4OS/c1-16(2)7-8-19-9-13(18)15-17-10-14-11-5-3-4-6-12(11)17/h3-6,10H,7-9H2,1-2H3,(H,15,18). The number of thioether (sulfide) groups is 1. The van der Waals surface area contributed by atoms with Crippen LogP contribution in [0.4, 0.5) is 0 Å². The van der Waals surface area contributed by atoms with Crippen molar-refractivity contribution < 1.29 is 4.79 Å². The molecule has 1 amide bonds. The molecule has 1 aromatic carbocycles. The van der Waals surface area contributed by atoms with Gasteiger partial charge in [0.25, 0.3) is 0 Å². The van der Waals surface area contributed by atoms with E-state index < -0.39 is 0 Å². The molecule has 2 rings (SSSR count). The van der Waals surface area contributed by atoms with E-state index in [1.807, 2.05) is 38.4 Å². The number of carbonyl (C=O) groups excluding carboxylic acids is 1. The Morgan fingerprint density at radius 2 is 2.21 bits per heavy atom. The third-order valence-electron chi connectivity index (χ3n) is 2.61. The molecule has 1 N–H and O–H groups in total. The molecule has 102 valence electrons. The Hall–Kier alpha value is -1.53. The van der Waals surface area contributed by atoms with Crippen LogP contribution in [0.25, 0.3) is 11.0 Å². The van der Waals surface area contributed by atoms with Gasteiger partial charge in [0, 0.05) is 12.3 Å². The number of rotatable bonds is 6. The van der Waals surface area contributed by atoms with Crippen molar-refractivity contribution in [2.24, 2.45) is 0 Å². The topological polar surface area (TPSA) is 50.2 Å². The average Bonchev–Trinajstić information content (AvgIpc) is 2.78. The number of amides is 1. The SMILES string of the molecule is CN(C)CCSCC(=O)Nn1cnc2ccccc21. The number of hydrogen-bond acceptors (Lipinski definition) is 4. The van der Waals surface area contributed by atoms with E-state index in [9.17, 15) is 4.79 Å². The maximum absolute atomic E-state index is 11.8. The van der Waals surface area contributed by atoms with Gasteiger partial charge in [-0.1, -0.05) is 12.1 Å². The van der Waals surface area contributed by atoms with Gasteiger partial charge < -0.3 is 4.90 Å². The summed E-state index contributed by atoms with van der Waals surface area (Å²) in [5.41, 5.74) is 4.62. The highest BCUT2D eigenvalue weighted by molar-refractivity contribution is 7.99. The van der Waals surface area contributed by atoms with E-state index in [1.165, 1.54) is 0 Å². The number of hydrogen-bond donors (Lipinski definition) is 1. The summed E-state index contributed by atoms with van der Waals surface area (Å²) >= 11 is 1.63. The van der Waals surface area contributed by atoms with E-state index in [-0.39, 0.29) is 5.91 Å². The van der Waals surface area contributed by atoms with Crippen LogP contribution in [0.3, 0.4) is 0 Å². The fourth-order valence-corrected chi connectivity index (χ4v) is 2.52. The largest absolute Gasteiger partial charge is 0.309 e. The molecule has 0 aliphatic rings. The number of carbonyl (C=O) groups is 1. The van der Waals surface area contributed by atoms with Gasteiger partial charge in [-0.15, -0.1) is 0 Å². The summed E-state index contributed by atoms with van der Waals surface area (Å²) in [5.74, 6) is 1.40. The molecular formula is C13H18N4OS. The third-order valence-corrected chi connectivity index (χ3v) is 3.55. The molecule has 0 saturated carbocycles. The second-order valence-corrected chi connectivity index (χ2v) is 5.60. The highest BCUT2D eigenvalue weighted by atomic mass is 32.2. The molecule has 0 radical (unpaired) electrons. The third kappa shape index (κ3) is 3.97. The van der Waals surface area contributed by atoms with Crippen LogP contribution in [0, 0.1) is 0 Å². The summed E-state index contributed by atoms with van der Waals surface area (Å²) in [6.07, 6.45) is 1.63. The summed E-state index contributed by atoms with van der Waals surface area (Å²) in [4.78, 5) is 18.1. The van der Waals surface area contributed by atoms with Crippen LogP contribution < -0.4 is 5.43 Å². The monoisotopic (exact) mass is 278 g/mol. The van der Waals surface area contributed by atoms with Crippen molar-refractivity contribution in [3.05, 3.63) is 30.6 Å². The van der Waals surface area contributed by atoms with Crippen molar-refractivity contribution in [2.45, 2.75) is 0 Å². The first-order valence-electron chi connectivity index (χ1n) is 6.11. The summed E-state index contributed by atoms with van der Waals surface area (Å²) in [7, 11) is 4.05. The first kappa shape index (κ1) is 13.9. The highest BCUT2D eigenvalue weighted by Gasteiger charge is 2.05. The fraction of sp³-hybridized carbons (Fsp3) is 0.385. The van der Waals surface area contributed by atoms with Crippen molar-refractivity contribution in [2.75, 3.05) is 37.6 Å². The Labute approximate surface area is 117 Å². The molecule has 5 nitrogen and oxygen atoms in total. The Morgan fingerprint density at radius 3 is 3.00 bits per heavy atom. The van der Waals surface area contributed by atoms with Gasteiger partial charge in [-0.25, -0.2) is 9.66 Å². The van der Waals surface area contributed by atoms with Gasteiger partial charge >= 0.3 is 0 Å². The number of fused-ring (bicyclic) bond motifs is 1. The maximum atomic E-state index is 11.8. The first-order valence-corrected chi connectivity index (χ1v) is 7.26. The van der Waals surface area contributed by atoms with Gasteiger partial charge in [0.1, 0.15) is 6.33 Å². The number of nitrogens with zero attached hydrogens (tertiary/aromatic N) is 3. The van der Waals surface area contributed by atoms with Gasteiger partial charge in [0.15, 0.2) is 0 Å². The summed E-state index contributed by atoms with van der Waals surface area (Å²) in [5, 5.41) is 0. The summed E-state index contributed by atoms with van der Waals surface area (Å²) in [6, 6.07) is 7.71.